The fourth-order valence-corrected chi connectivity index (χ4v) is 5.56. The summed E-state index contributed by atoms with van der Waals surface area (Å²) in [7, 11) is 0. The van der Waals surface area contributed by atoms with Gasteiger partial charge in [0.05, 0.1) is 22.7 Å². The maximum absolute atomic E-state index is 4.80. The second kappa shape index (κ2) is 9.04. The second-order valence-electron chi connectivity index (χ2n) is 8.82. The molecule has 0 bridgehead atoms. The molecule has 2 heterocycles. The summed E-state index contributed by atoms with van der Waals surface area (Å²) in [5, 5.41) is 0.930. The Morgan fingerprint density at radius 2 is 0.892 bits per heavy atom. The van der Waals surface area contributed by atoms with Gasteiger partial charge < -0.3 is 9.80 Å². The van der Waals surface area contributed by atoms with Crippen LogP contribution in [-0.2, 0) is 0 Å². The van der Waals surface area contributed by atoms with Crippen LogP contribution in [0.25, 0.3) is 22.0 Å². The minimum absolute atomic E-state index is 0.755. The molecule has 4 nitrogen and oxygen atoms in total. The van der Waals surface area contributed by atoms with Gasteiger partial charge in [-0.05, 0) is 72.2 Å². The molecule has 37 heavy (non-hydrogen) atoms. The lowest BCUT2D eigenvalue weighted by Crippen LogP contribution is -2.23. The highest BCUT2D eigenvalue weighted by atomic mass is 32.1. The van der Waals surface area contributed by atoms with E-state index in [1.807, 2.05) is 18.2 Å². The van der Waals surface area contributed by atoms with Crippen molar-refractivity contribution in [3.63, 3.8) is 0 Å². The third kappa shape index (κ3) is 3.77. The summed E-state index contributed by atoms with van der Waals surface area (Å²) >= 11 is 1.43. The van der Waals surface area contributed by atoms with Crippen LogP contribution in [0.5, 0.6) is 0 Å². The third-order valence-electron chi connectivity index (χ3n) is 6.57. The van der Waals surface area contributed by atoms with Gasteiger partial charge in [-0.25, -0.2) is 4.98 Å². The number of benzene rings is 5. The fourth-order valence-electron chi connectivity index (χ4n) is 4.88. The van der Waals surface area contributed by atoms with Gasteiger partial charge in [-0.15, -0.1) is 0 Å². The Morgan fingerprint density at radius 1 is 0.432 bits per heavy atom. The largest absolute Gasteiger partial charge is 0.306 e. The summed E-state index contributed by atoms with van der Waals surface area (Å²) in [6, 6.07) is 46.4. The summed E-state index contributed by atoms with van der Waals surface area (Å²) in [4.78, 5) is 9.46. The highest BCUT2D eigenvalue weighted by molar-refractivity contribution is 7.09. The quantitative estimate of drug-likeness (QED) is 0.244. The van der Waals surface area contributed by atoms with E-state index in [1.165, 1.54) is 11.5 Å². The molecule has 1 aliphatic heterocycles. The lowest BCUT2D eigenvalue weighted by molar-refractivity contribution is 1.17. The summed E-state index contributed by atoms with van der Waals surface area (Å²) in [5.74, 6) is 0.755. The van der Waals surface area contributed by atoms with Crippen molar-refractivity contribution in [2.45, 2.75) is 0 Å². The smallest absolute Gasteiger partial charge is 0.173 e. The molecule has 176 valence electrons. The minimum Gasteiger partial charge on any atom is -0.306 e. The number of hydrogen-bond donors (Lipinski definition) is 0. The first-order valence-corrected chi connectivity index (χ1v) is 13.0. The molecule has 0 saturated carbocycles. The van der Waals surface area contributed by atoms with Crippen LogP contribution in [0.15, 0.2) is 133 Å². The molecule has 0 N–H and O–H groups in total. The van der Waals surface area contributed by atoms with Gasteiger partial charge in [-0.3, -0.25) is 0 Å². The first-order valence-electron chi connectivity index (χ1n) is 12.2. The second-order valence-corrected chi connectivity index (χ2v) is 9.57. The Kier molecular flexibility index (Phi) is 5.26. The SMILES string of the molecule is c1ccc(-c2nc(-c3ccc(N4c5ccccc5N(c5ccccc5)c5ccccc54)cc3)ns2)cc1. The van der Waals surface area contributed by atoms with Crippen molar-refractivity contribution in [1.82, 2.24) is 9.36 Å². The topological polar surface area (TPSA) is 32.3 Å². The lowest BCUT2D eigenvalue weighted by Gasteiger charge is -2.40. The van der Waals surface area contributed by atoms with Gasteiger partial charge in [0.25, 0.3) is 0 Å². The Morgan fingerprint density at radius 3 is 1.43 bits per heavy atom. The van der Waals surface area contributed by atoms with Crippen molar-refractivity contribution < 1.29 is 0 Å². The normalized spacial score (nSPS) is 12.2. The van der Waals surface area contributed by atoms with Gasteiger partial charge in [0.2, 0.25) is 0 Å². The molecule has 6 aromatic rings. The van der Waals surface area contributed by atoms with Gasteiger partial charge >= 0.3 is 0 Å². The summed E-state index contributed by atoms with van der Waals surface area (Å²) in [6.07, 6.45) is 0. The van der Waals surface area contributed by atoms with Crippen LogP contribution < -0.4 is 9.80 Å². The van der Waals surface area contributed by atoms with Crippen LogP contribution in [-0.4, -0.2) is 9.36 Å². The van der Waals surface area contributed by atoms with Crippen molar-refractivity contribution in [2.75, 3.05) is 9.80 Å². The van der Waals surface area contributed by atoms with E-state index in [0.29, 0.717) is 0 Å². The zero-order valence-corrected chi connectivity index (χ0v) is 20.7. The highest BCUT2D eigenvalue weighted by Crippen LogP contribution is 2.53. The maximum atomic E-state index is 4.80. The average Bonchev–Trinajstić information content (AvgIpc) is 3.47. The minimum atomic E-state index is 0.755. The Bertz CT molecular complexity index is 1630. The monoisotopic (exact) mass is 494 g/mol. The molecular weight excluding hydrogens is 472 g/mol. The predicted molar refractivity (Wildman–Crippen MR) is 154 cm³/mol. The molecule has 0 amide bonds. The third-order valence-corrected chi connectivity index (χ3v) is 7.34. The average molecular weight is 495 g/mol. The van der Waals surface area contributed by atoms with Crippen LogP contribution in [0.2, 0.25) is 0 Å². The first-order chi connectivity index (χ1) is 18.4. The Hall–Kier alpha value is -4.74. The van der Waals surface area contributed by atoms with Crippen molar-refractivity contribution in [1.29, 1.82) is 0 Å². The molecule has 7 rings (SSSR count). The molecule has 5 aromatic carbocycles. The lowest BCUT2D eigenvalue weighted by atomic mass is 10.0. The van der Waals surface area contributed by atoms with Crippen molar-refractivity contribution in [3.8, 4) is 22.0 Å². The van der Waals surface area contributed by atoms with Gasteiger partial charge in [0.15, 0.2) is 5.82 Å². The molecule has 0 saturated heterocycles. The van der Waals surface area contributed by atoms with E-state index < -0.39 is 0 Å². The van der Waals surface area contributed by atoms with Crippen LogP contribution in [0, 0.1) is 0 Å². The van der Waals surface area contributed by atoms with Gasteiger partial charge in [-0.1, -0.05) is 72.8 Å². The zero-order chi connectivity index (χ0) is 24.6. The van der Waals surface area contributed by atoms with Crippen LogP contribution in [0.3, 0.4) is 0 Å². The predicted octanol–water partition coefficient (Wildman–Crippen LogP) is 9.13. The standard InChI is InChI=1S/C32H22N4S/c1-3-11-24(12-4-1)32-33-31(34-37-32)23-19-21-26(22-20-23)36-29-17-9-7-15-27(29)35(25-13-5-2-6-14-25)28-16-8-10-18-30(28)36/h1-22H. The van der Waals surface area contributed by atoms with Crippen molar-refractivity contribution >= 4 is 45.7 Å². The molecule has 1 aromatic heterocycles. The number of anilines is 6. The number of aromatic nitrogens is 2. The van der Waals surface area contributed by atoms with Crippen molar-refractivity contribution in [3.05, 3.63) is 133 Å². The fraction of sp³-hybridized carbons (Fsp3) is 0. The van der Waals surface area contributed by atoms with Crippen LogP contribution in [0.4, 0.5) is 34.1 Å². The van der Waals surface area contributed by atoms with E-state index in [2.05, 4.69) is 129 Å². The van der Waals surface area contributed by atoms with E-state index in [9.17, 15) is 0 Å². The van der Waals surface area contributed by atoms with Gasteiger partial charge in [0, 0.05) is 22.5 Å². The molecule has 0 radical (unpaired) electrons. The zero-order valence-electron chi connectivity index (χ0n) is 19.9. The molecule has 1 aliphatic rings. The number of para-hydroxylation sites is 5. The molecule has 0 atom stereocenters. The van der Waals surface area contributed by atoms with E-state index >= 15 is 0 Å². The Labute approximate surface area is 219 Å². The van der Waals surface area contributed by atoms with E-state index in [1.54, 1.807) is 0 Å². The molecule has 5 heteroatoms. The Balaban J connectivity index is 1.30. The van der Waals surface area contributed by atoms with Gasteiger partial charge in [0.1, 0.15) is 5.01 Å². The number of rotatable bonds is 4. The molecular formula is C32H22N4S. The van der Waals surface area contributed by atoms with E-state index in [0.717, 1.165) is 56.1 Å². The van der Waals surface area contributed by atoms with Crippen LogP contribution in [0.1, 0.15) is 0 Å². The van der Waals surface area contributed by atoms with E-state index in [-0.39, 0.29) is 0 Å². The van der Waals surface area contributed by atoms with Crippen LogP contribution >= 0.6 is 11.5 Å². The molecule has 0 fully saturated rings. The summed E-state index contributed by atoms with van der Waals surface area (Å²) in [6.45, 7) is 0. The van der Waals surface area contributed by atoms with E-state index in [4.69, 9.17) is 4.98 Å². The first kappa shape index (κ1) is 21.5. The summed E-state index contributed by atoms with van der Waals surface area (Å²) in [5.41, 5.74) is 8.89. The number of hydrogen-bond acceptors (Lipinski definition) is 5. The number of fused-ring (bicyclic) bond motifs is 2. The molecule has 0 unspecified atom stereocenters. The van der Waals surface area contributed by atoms with Gasteiger partial charge in [-0.2, -0.15) is 4.37 Å². The molecule has 0 aliphatic carbocycles. The number of nitrogens with zero attached hydrogens (tertiary/aromatic N) is 4. The maximum Gasteiger partial charge on any atom is 0.173 e. The summed E-state index contributed by atoms with van der Waals surface area (Å²) < 4.78 is 4.63. The molecule has 0 spiro atoms. The van der Waals surface area contributed by atoms with Crippen molar-refractivity contribution in [2.24, 2.45) is 0 Å². The highest BCUT2D eigenvalue weighted by Gasteiger charge is 2.29.